The number of amides is 1. The summed E-state index contributed by atoms with van der Waals surface area (Å²) in [4.78, 5) is 24.5. The van der Waals surface area contributed by atoms with Crippen molar-refractivity contribution in [2.75, 3.05) is 20.6 Å². The van der Waals surface area contributed by atoms with E-state index in [1.165, 1.54) is 11.1 Å². The Labute approximate surface area is 160 Å². The van der Waals surface area contributed by atoms with E-state index in [0.29, 0.717) is 5.56 Å². The van der Waals surface area contributed by atoms with Gasteiger partial charge in [0.15, 0.2) is 0 Å². The molecule has 0 bridgehead atoms. The molecule has 0 radical (unpaired) electrons. The molecule has 0 aliphatic carbocycles. The molecule has 1 aromatic carbocycles. The number of carbonyl (C=O) groups is 1. The van der Waals surface area contributed by atoms with Crippen molar-refractivity contribution in [3.05, 3.63) is 78.0 Å². The first-order valence-corrected chi connectivity index (χ1v) is 9.03. The van der Waals surface area contributed by atoms with Crippen LogP contribution in [0.2, 0.25) is 0 Å². The van der Waals surface area contributed by atoms with Gasteiger partial charge < -0.3 is 4.90 Å². The lowest BCUT2D eigenvalue weighted by atomic mass is 10.1. The quantitative estimate of drug-likeness (QED) is 0.648. The maximum Gasteiger partial charge on any atom is 0.253 e. The van der Waals surface area contributed by atoms with E-state index in [2.05, 4.69) is 27.9 Å². The van der Waals surface area contributed by atoms with E-state index in [9.17, 15) is 4.79 Å². The van der Waals surface area contributed by atoms with E-state index in [0.717, 1.165) is 25.5 Å². The molecule has 0 unspecified atom stereocenters. The Bertz CT molecular complexity index is 855. The Kier molecular flexibility index (Phi) is 5.98. The maximum absolute atomic E-state index is 12.0. The van der Waals surface area contributed by atoms with Crippen LogP contribution in [0.4, 0.5) is 0 Å². The van der Waals surface area contributed by atoms with Gasteiger partial charge in [-0.3, -0.25) is 14.3 Å². The van der Waals surface area contributed by atoms with Crippen molar-refractivity contribution in [3.8, 4) is 5.82 Å². The van der Waals surface area contributed by atoms with E-state index >= 15 is 0 Å². The van der Waals surface area contributed by atoms with Crippen LogP contribution >= 0.6 is 0 Å². The van der Waals surface area contributed by atoms with Gasteiger partial charge in [0, 0.05) is 51.3 Å². The van der Waals surface area contributed by atoms with Gasteiger partial charge in [-0.25, -0.2) is 9.97 Å². The van der Waals surface area contributed by atoms with E-state index in [-0.39, 0.29) is 5.91 Å². The standard InChI is InChI=1S/C21H25N5O/c1-4-25(14-17-5-8-19(9-6-17)21(27)24(2)3)15-18-7-10-20(23-13-18)26-12-11-22-16-26/h5-13,16H,4,14-15H2,1-3H3. The van der Waals surface area contributed by atoms with Crippen molar-refractivity contribution in [2.24, 2.45) is 0 Å². The molecule has 0 fully saturated rings. The van der Waals surface area contributed by atoms with Crippen molar-refractivity contribution < 1.29 is 4.79 Å². The Morgan fingerprint density at radius 2 is 1.74 bits per heavy atom. The molecule has 3 rings (SSSR count). The van der Waals surface area contributed by atoms with Gasteiger partial charge >= 0.3 is 0 Å². The van der Waals surface area contributed by atoms with E-state index < -0.39 is 0 Å². The molecule has 0 spiro atoms. The van der Waals surface area contributed by atoms with Crippen LogP contribution < -0.4 is 0 Å². The summed E-state index contributed by atoms with van der Waals surface area (Å²) < 4.78 is 1.89. The molecular weight excluding hydrogens is 338 g/mol. The van der Waals surface area contributed by atoms with Crippen LogP contribution in [0.15, 0.2) is 61.3 Å². The van der Waals surface area contributed by atoms with Crippen molar-refractivity contribution in [2.45, 2.75) is 20.0 Å². The molecule has 0 aliphatic heterocycles. The van der Waals surface area contributed by atoms with Crippen LogP contribution in [0.5, 0.6) is 0 Å². The largest absolute Gasteiger partial charge is 0.345 e. The normalized spacial score (nSPS) is 11.0. The molecule has 140 valence electrons. The minimum atomic E-state index is 0.0259. The zero-order chi connectivity index (χ0) is 19.2. The molecule has 0 atom stereocenters. The molecule has 27 heavy (non-hydrogen) atoms. The van der Waals surface area contributed by atoms with Gasteiger partial charge in [-0.05, 0) is 35.9 Å². The monoisotopic (exact) mass is 363 g/mol. The number of nitrogens with zero attached hydrogens (tertiary/aromatic N) is 5. The molecular formula is C21H25N5O. The highest BCUT2D eigenvalue weighted by atomic mass is 16.2. The maximum atomic E-state index is 12.0. The molecule has 6 nitrogen and oxygen atoms in total. The fourth-order valence-corrected chi connectivity index (χ4v) is 2.86. The fourth-order valence-electron chi connectivity index (χ4n) is 2.86. The van der Waals surface area contributed by atoms with Crippen molar-refractivity contribution in [3.63, 3.8) is 0 Å². The van der Waals surface area contributed by atoms with Crippen molar-refractivity contribution in [1.82, 2.24) is 24.3 Å². The second-order valence-electron chi connectivity index (χ2n) is 6.69. The Morgan fingerprint density at radius 1 is 1.04 bits per heavy atom. The lowest BCUT2D eigenvalue weighted by molar-refractivity contribution is 0.0827. The Morgan fingerprint density at radius 3 is 2.30 bits per heavy atom. The van der Waals surface area contributed by atoms with Crippen molar-refractivity contribution >= 4 is 5.91 Å². The number of imidazole rings is 1. The average Bonchev–Trinajstić information content (AvgIpc) is 3.22. The van der Waals surface area contributed by atoms with Crippen LogP contribution in [-0.2, 0) is 13.1 Å². The van der Waals surface area contributed by atoms with Crippen LogP contribution in [0.25, 0.3) is 5.82 Å². The number of pyridine rings is 1. The molecule has 0 saturated heterocycles. The summed E-state index contributed by atoms with van der Waals surface area (Å²) in [5.74, 6) is 0.887. The molecule has 0 N–H and O–H groups in total. The first kappa shape index (κ1) is 18.8. The van der Waals surface area contributed by atoms with Gasteiger partial charge in [0.2, 0.25) is 0 Å². The lowest BCUT2D eigenvalue weighted by Gasteiger charge is -2.21. The van der Waals surface area contributed by atoms with Crippen LogP contribution in [0.1, 0.15) is 28.4 Å². The van der Waals surface area contributed by atoms with E-state index in [4.69, 9.17) is 0 Å². The molecule has 2 heterocycles. The Balaban J connectivity index is 1.63. The summed E-state index contributed by atoms with van der Waals surface area (Å²) in [6, 6.07) is 12.0. The summed E-state index contributed by atoms with van der Waals surface area (Å²) in [7, 11) is 3.53. The van der Waals surface area contributed by atoms with Gasteiger partial charge in [0.25, 0.3) is 5.91 Å². The highest BCUT2D eigenvalue weighted by Crippen LogP contribution is 2.13. The number of carbonyl (C=O) groups excluding carboxylic acids is 1. The summed E-state index contributed by atoms with van der Waals surface area (Å²) in [5.41, 5.74) is 3.07. The van der Waals surface area contributed by atoms with Gasteiger partial charge in [-0.2, -0.15) is 0 Å². The van der Waals surface area contributed by atoms with Gasteiger partial charge in [-0.1, -0.05) is 25.1 Å². The highest BCUT2D eigenvalue weighted by Gasteiger charge is 2.09. The molecule has 3 aromatic rings. The Hall–Kier alpha value is -2.99. The average molecular weight is 363 g/mol. The number of hydrogen-bond donors (Lipinski definition) is 0. The van der Waals surface area contributed by atoms with E-state index in [1.807, 2.05) is 47.3 Å². The number of rotatable bonds is 7. The molecule has 6 heteroatoms. The summed E-state index contributed by atoms with van der Waals surface area (Å²) in [6.45, 7) is 4.74. The van der Waals surface area contributed by atoms with Crippen LogP contribution in [0.3, 0.4) is 0 Å². The molecule has 0 saturated carbocycles. The third-order valence-corrected chi connectivity index (χ3v) is 4.44. The molecule has 2 aromatic heterocycles. The predicted molar refractivity (Wildman–Crippen MR) is 106 cm³/mol. The fraction of sp³-hybridized carbons (Fsp3) is 0.286. The number of benzene rings is 1. The van der Waals surface area contributed by atoms with Gasteiger partial charge in [-0.15, -0.1) is 0 Å². The first-order valence-electron chi connectivity index (χ1n) is 9.03. The van der Waals surface area contributed by atoms with E-state index in [1.54, 1.807) is 31.5 Å². The topological polar surface area (TPSA) is 54.3 Å². The lowest BCUT2D eigenvalue weighted by Crippen LogP contribution is -2.23. The van der Waals surface area contributed by atoms with Gasteiger partial charge in [0.1, 0.15) is 12.1 Å². The second-order valence-corrected chi connectivity index (χ2v) is 6.69. The van der Waals surface area contributed by atoms with Crippen LogP contribution in [0, 0.1) is 0 Å². The van der Waals surface area contributed by atoms with Crippen LogP contribution in [-0.4, -0.2) is 50.9 Å². The summed E-state index contributed by atoms with van der Waals surface area (Å²) >= 11 is 0. The first-order chi connectivity index (χ1) is 13.1. The third-order valence-electron chi connectivity index (χ3n) is 4.44. The molecule has 1 amide bonds. The number of aromatic nitrogens is 3. The minimum absolute atomic E-state index is 0.0259. The number of hydrogen-bond acceptors (Lipinski definition) is 4. The SMILES string of the molecule is CCN(Cc1ccc(C(=O)N(C)C)cc1)Cc1ccc(-n2ccnc2)nc1. The predicted octanol–water partition coefficient (Wildman–Crippen LogP) is 2.99. The minimum Gasteiger partial charge on any atom is -0.345 e. The highest BCUT2D eigenvalue weighted by molar-refractivity contribution is 5.93. The van der Waals surface area contributed by atoms with Crippen molar-refractivity contribution in [1.29, 1.82) is 0 Å². The zero-order valence-corrected chi connectivity index (χ0v) is 16.0. The summed E-state index contributed by atoms with van der Waals surface area (Å²) in [6.07, 6.45) is 7.28. The molecule has 0 aliphatic rings. The van der Waals surface area contributed by atoms with Gasteiger partial charge in [0.05, 0.1) is 0 Å². The smallest absolute Gasteiger partial charge is 0.253 e. The third kappa shape index (κ3) is 4.80. The zero-order valence-electron chi connectivity index (χ0n) is 16.0. The second kappa shape index (κ2) is 8.60. The summed E-state index contributed by atoms with van der Waals surface area (Å²) in [5, 5.41) is 0.